The van der Waals surface area contributed by atoms with Gasteiger partial charge in [-0.2, -0.15) is 0 Å². The molecule has 0 aliphatic heterocycles. The number of hydrogen-bond acceptors (Lipinski definition) is 5. The maximum atomic E-state index is 14.2. The second kappa shape index (κ2) is 6.64. The molecule has 0 radical (unpaired) electrons. The van der Waals surface area contributed by atoms with Gasteiger partial charge in [-0.25, -0.2) is 9.18 Å². The molecule has 0 aliphatic rings. The van der Waals surface area contributed by atoms with Crippen molar-refractivity contribution in [3.05, 3.63) is 47.0 Å². The van der Waals surface area contributed by atoms with Gasteiger partial charge in [0, 0.05) is 6.20 Å². The molecular weight excluding hydrogens is 299 g/mol. The summed E-state index contributed by atoms with van der Waals surface area (Å²) in [6, 6.07) is 4.58. The molecule has 0 aliphatic carbocycles. The first kappa shape index (κ1) is 16.7. The number of halogens is 1. The van der Waals surface area contributed by atoms with Gasteiger partial charge in [0.2, 0.25) is 0 Å². The number of rotatable bonds is 4. The van der Waals surface area contributed by atoms with E-state index in [1.54, 1.807) is 12.3 Å². The zero-order valence-corrected chi connectivity index (χ0v) is 13.5. The molecule has 0 bridgehead atoms. The fourth-order valence-corrected chi connectivity index (χ4v) is 2.17. The number of methoxy groups -OCH3 is 1. The van der Waals surface area contributed by atoms with Crippen LogP contribution in [0.25, 0.3) is 0 Å². The van der Waals surface area contributed by atoms with Crippen LogP contribution in [-0.4, -0.2) is 18.1 Å². The summed E-state index contributed by atoms with van der Waals surface area (Å²) in [6.07, 6.45) is 1.68. The molecule has 0 fully saturated rings. The highest BCUT2D eigenvalue weighted by Gasteiger charge is 2.23. The number of carbonyl (C=O) groups excluding carboxylic acids is 1. The first-order valence-electron chi connectivity index (χ1n) is 7.16. The lowest BCUT2D eigenvalue weighted by molar-refractivity contribution is 0.0592. The largest absolute Gasteiger partial charge is 0.465 e. The Balaban J connectivity index is 2.58. The molecule has 1 heterocycles. The molecule has 2 rings (SSSR count). The van der Waals surface area contributed by atoms with Gasteiger partial charge in [-0.1, -0.05) is 13.8 Å². The maximum Gasteiger partial charge on any atom is 0.344 e. The number of aryl methyl sites for hydroxylation is 1. The Morgan fingerprint density at radius 2 is 2.00 bits per heavy atom. The van der Waals surface area contributed by atoms with Crippen molar-refractivity contribution in [1.29, 1.82) is 0 Å². The topological polar surface area (TPSA) is 74.4 Å². The molecule has 0 saturated heterocycles. The summed E-state index contributed by atoms with van der Waals surface area (Å²) in [4.78, 5) is 16.2. The molecule has 0 atom stereocenters. The summed E-state index contributed by atoms with van der Waals surface area (Å²) in [7, 11) is 1.17. The quantitative estimate of drug-likeness (QED) is 0.685. The Labute approximate surface area is 134 Å². The van der Waals surface area contributed by atoms with Crippen LogP contribution in [0.5, 0.6) is 11.5 Å². The van der Waals surface area contributed by atoms with E-state index < -0.39 is 11.8 Å². The predicted molar refractivity (Wildman–Crippen MR) is 85.3 cm³/mol. The number of esters is 1. The van der Waals surface area contributed by atoms with Gasteiger partial charge in [-0.3, -0.25) is 4.98 Å². The number of pyridine rings is 1. The summed E-state index contributed by atoms with van der Waals surface area (Å²) < 4.78 is 24.7. The van der Waals surface area contributed by atoms with E-state index in [1.165, 1.54) is 19.2 Å². The Morgan fingerprint density at radius 3 is 2.61 bits per heavy atom. The first-order valence-corrected chi connectivity index (χ1v) is 7.16. The van der Waals surface area contributed by atoms with Crippen molar-refractivity contribution in [2.24, 2.45) is 0 Å². The maximum absolute atomic E-state index is 14.2. The van der Waals surface area contributed by atoms with E-state index in [9.17, 15) is 9.18 Å². The molecule has 6 heteroatoms. The Morgan fingerprint density at radius 1 is 1.30 bits per heavy atom. The first-order chi connectivity index (χ1) is 10.9. The molecule has 2 N–H and O–H groups in total. The van der Waals surface area contributed by atoms with Crippen LogP contribution in [0.15, 0.2) is 24.4 Å². The van der Waals surface area contributed by atoms with Crippen LogP contribution in [0.4, 0.5) is 10.1 Å². The van der Waals surface area contributed by atoms with Crippen LogP contribution in [0, 0.1) is 12.7 Å². The van der Waals surface area contributed by atoms with Gasteiger partial charge in [-0.15, -0.1) is 0 Å². The van der Waals surface area contributed by atoms with Crippen molar-refractivity contribution in [3.63, 3.8) is 0 Å². The molecule has 2 aromatic rings. The predicted octanol–water partition coefficient (Wildman–Crippen LogP) is 3.81. The lowest BCUT2D eigenvalue weighted by atomic mass is 10.1. The second-order valence-electron chi connectivity index (χ2n) is 5.43. The molecule has 0 saturated carbocycles. The fraction of sp³-hybridized carbons (Fsp3) is 0.294. The zero-order chi connectivity index (χ0) is 17.1. The smallest absolute Gasteiger partial charge is 0.344 e. The van der Waals surface area contributed by atoms with Crippen LogP contribution < -0.4 is 10.5 Å². The molecule has 5 nitrogen and oxygen atoms in total. The van der Waals surface area contributed by atoms with E-state index in [2.05, 4.69) is 9.72 Å². The molecule has 122 valence electrons. The van der Waals surface area contributed by atoms with E-state index in [1.807, 2.05) is 20.8 Å². The third kappa shape index (κ3) is 3.26. The van der Waals surface area contributed by atoms with Gasteiger partial charge in [0.15, 0.2) is 11.6 Å². The number of carbonyl (C=O) groups is 1. The Hall–Kier alpha value is -2.63. The van der Waals surface area contributed by atoms with Crippen molar-refractivity contribution in [2.45, 2.75) is 26.7 Å². The second-order valence-corrected chi connectivity index (χ2v) is 5.43. The average molecular weight is 318 g/mol. The number of nitrogens with two attached hydrogens (primary N) is 1. The van der Waals surface area contributed by atoms with Crippen molar-refractivity contribution >= 4 is 11.7 Å². The highest BCUT2D eigenvalue weighted by Crippen LogP contribution is 2.35. The van der Waals surface area contributed by atoms with Gasteiger partial charge >= 0.3 is 5.97 Å². The SMILES string of the molecule is COC(=O)c1c(Oc2c(C)ccnc2C(C)C)ccc(N)c1F. The van der Waals surface area contributed by atoms with Crippen molar-refractivity contribution in [3.8, 4) is 11.5 Å². The van der Waals surface area contributed by atoms with E-state index in [-0.39, 0.29) is 22.9 Å². The molecule has 1 aromatic carbocycles. The van der Waals surface area contributed by atoms with Gasteiger partial charge in [0.05, 0.1) is 18.5 Å². The summed E-state index contributed by atoms with van der Waals surface area (Å²) in [6.45, 7) is 5.80. The molecule has 0 amide bonds. The molecular formula is C17H19FN2O3. The molecule has 0 unspecified atom stereocenters. The minimum absolute atomic E-state index is 0.0431. The Bertz CT molecular complexity index is 745. The minimum atomic E-state index is -0.859. The Kier molecular flexibility index (Phi) is 4.83. The number of benzene rings is 1. The molecule has 1 aromatic heterocycles. The van der Waals surface area contributed by atoms with Gasteiger partial charge in [-0.05, 0) is 36.6 Å². The summed E-state index contributed by atoms with van der Waals surface area (Å²) >= 11 is 0. The lowest BCUT2D eigenvalue weighted by Gasteiger charge is -2.17. The lowest BCUT2D eigenvalue weighted by Crippen LogP contribution is -2.10. The van der Waals surface area contributed by atoms with Gasteiger partial charge < -0.3 is 15.2 Å². The van der Waals surface area contributed by atoms with Crippen molar-refractivity contribution < 1.29 is 18.7 Å². The highest BCUT2D eigenvalue weighted by atomic mass is 19.1. The zero-order valence-electron chi connectivity index (χ0n) is 13.5. The monoisotopic (exact) mass is 318 g/mol. The highest BCUT2D eigenvalue weighted by molar-refractivity contribution is 5.94. The third-order valence-corrected chi connectivity index (χ3v) is 3.41. The van der Waals surface area contributed by atoms with E-state index in [4.69, 9.17) is 10.5 Å². The number of aromatic nitrogens is 1. The standard InChI is InChI=1S/C17H19FN2O3/c1-9(2)15-16(10(3)7-8-20-15)23-12-6-5-11(19)14(18)13(12)17(21)22-4/h5-9H,19H2,1-4H3. The van der Waals surface area contributed by atoms with E-state index >= 15 is 0 Å². The number of hydrogen-bond donors (Lipinski definition) is 1. The number of ether oxygens (including phenoxy) is 2. The normalized spacial score (nSPS) is 10.7. The molecule has 23 heavy (non-hydrogen) atoms. The summed E-state index contributed by atoms with van der Waals surface area (Å²) in [5, 5.41) is 0. The average Bonchev–Trinajstić information content (AvgIpc) is 2.52. The summed E-state index contributed by atoms with van der Waals surface area (Å²) in [5.74, 6) is -1.07. The van der Waals surface area contributed by atoms with Crippen LogP contribution >= 0.6 is 0 Å². The van der Waals surface area contributed by atoms with Gasteiger partial charge in [0.25, 0.3) is 0 Å². The number of anilines is 1. The van der Waals surface area contributed by atoms with Crippen LogP contribution in [-0.2, 0) is 4.74 Å². The van der Waals surface area contributed by atoms with Crippen LogP contribution in [0.2, 0.25) is 0 Å². The van der Waals surface area contributed by atoms with E-state index in [0.29, 0.717) is 5.75 Å². The fourth-order valence-electron chi connectivity index (χ4n) is 2.17. The van der Waals surface area contributed by atoms with Crippen LogP contribution in [0.3, 0.4) is 0 Å². The summed E-state index contributed by atoms with van der Waals surface area (Å²) in [5.41, 5.74) is 6.61. The van der Waals surface area contributed by atoms with Gasteiger partial charge in [0.1, 0.15) is 11.3 Å². The number of nitrogens with zero attached hydrogens (tertiary/aromatic N) is 1. The van der Waals surface area contributed by atoms with Crippen molar-refractivity contribution in [1.82, 2.24) is 4.98 Å². The third-order valence-electron chi connectivity index (χ3n) is 3.41. The van der Waals surface area contributed by atoms with Crippen molar-refractivity contribution in [2.75, 3.05) is 12.8 Å². The molecule has 0 spiro atoms. The number of nitrogen functional groups attached to an aromatic ring is 1. The minimum Gasteiger partial charge on any atom is -0.465 e. The van der Waals surface area contributed by atoms with Crippen LogP contribution in [0.1, 0.15) is 41.4 Å². The van der Waals surface area contributed by atoms with E-state index in [0.717, 1.165) is 11.3 Å².